The standard InChI is InChI=1S/C24H40N2O8/c1-5-7-9-18(23(31)33-3)25-20(27)14-16-11-15(13-21(28)29)12-17(16)22(30)26-19(10-8-6-2)24(32)34-4/h15-19H,5-14H2,1-4H3,(H,25,27)(H,26,30)(H,28,29)/t15?,16-,17+,18-,19-/m0/s1. The lowest BCUT2D eigenvalue weighted by Crippen LogP contribution is -2.46. The van der Waals surface area contributed by atoms with Crippen molar-refractivity contribution in [1.29, 1.82) is 0 Å². The molecule has 0 aromatic carbocycles. The van der Waals surface area contributed by atoms with Crippen LogP contribution in [0.5, 0.6) is 0 Å². The zero-order valence-corrected chi connectivity index (χ0v) is 20.8. The molecular formula is C24H40N2O8. The van der Waals surface area contributed by atoms with Gasteiger partial charge in [-0.2, -0.15) is 0 Å². The van der Waals surface area contributed by atoms with Gasteiger partial charge in [-0.25, -0.2) is 9.59 Å². The molecular weight excluding hydrogens is 444 g/mol. The fourth-order valence-electron chi connectivity index (χ4n) is 4.57. The van der Waals surface area contributed by atoms with Crippen molar-refractivity contribution in [2.45, 2.75) is 90.1 Å². The second-order valence-corrected chi connectivity index (χ2v) is 9.02. The highest BCUT2D eigenvalue weighted by Crippen LogP contribution is 2.40. The lowest BCUT2D eigenvalue weighted by Gasteiger charge is -2.23. The van der Waals surface area contributed by atoms with Gasteiger partial charge in [-0.15, -0.1) is 0 Å². The molecule has 0 radical (unpaired) electrons. The van der Waals surface area contributed by atoms with E-state index in [-0.39, 0.29) is 30.6 Å². The summed E-state index contributed by atoms with van der Waals surface area (Å²) >= 11 is 0. The summed E-state index contributed by atoms with van der Waals surface area (Å²) in [6.45, 7) is 3.95. The minimum atomic E-state index is -0.963. The van der Waals surface area contributed by atoms with E-state index in [0.717, 1.165) is 25.7 Å². The van der Waals surface area contributed by atoms with Gasteiger partial charge in [0.2, 0.25) is 11.8 Å². The molecule has 0 aliphatic heterocycles. The number of rotatable bonds is 15. The van der Waals surface area contributed by atoms with Crippen LogP contribution in [0.3, 0.4) is 0 Å². The average molecular weight is 485 g/mol. The van der Waals surface area contributed by atoms with Crippen LogP contribution in [0.25, 0.3) is 0 Å². The quantitative estimate of drug-likeness (QED) is 0.300. The Bertz CT molecular complexity index is 711. The number of nitrogens with one attached hydrogen (secondary N) is 2. The zero-order chi connectivity index (χ0) is 25.7. The third kappa shape index (κ3) is 9.69. The molecule has 1 fully saturated rings. The third-order valence-electron chi connectivity index (χ3n) is 6.36. The largest absolute Gasteiger partial charge is 0.481 e. The van der Waals surface area contributed by atoms with E-state index in [1.54, 1.807) is 0 Å². The van der Waals surface area contributed by atoms with Crippen LogP contribution in [-0.4, -0.2) is 61.1 Å². The van der Waals surface area contributed by atoms with E-state index in [1.807, 2.05) is 13.8 Å². The number of carbonyl (C=O) groups excluding carboxylic acids is 4. The topological polar surface area (TPSA) is 148 Å². The monoisotopic (exact) mass is 484 g/mol. The molecule has 1 unspecified atom stereocenters. The molecule has 0 saturated heterocycles. The van der Waals surface area contributed by atoms with Crippen molar-refractivity contribution in [1.82, 2.24) is 10.6 Å². The molecule has 10 heteroatoms. The fourth-order valence-corrected chi connectivity index (χ4v) is 4.57. The summed E-state index contributed by atoms with van der Waals surface area (Å²) in [5.74, 6) is -4.07. The Morgan fingerprint density at radius 2 is 1.38 bits per heavy atom. The summed E-state index contributed by atoms with van der Waals surface area (Å²) in [6.07, 6.45) is 4.63. The first-order chi connectivity index (χ1) is 16.2. The molecule has 34 heavy (non-hydrogen) atoms. The Morgan fingerprint density at radius 1 is 0.853 bits per heavy atom. The highest BCUT2D eigenvalue weighted by Gasteiger charge is 2.41. The first-order valence-corrected chi connectivity index (χ1v) is 12.1. The number of carbonyl (C=O) groups is 5. The molecule has 10 nitrogen and oxygen atoms in total. The van der Waals surface area contributed by atoms with E-state index in [2.05, 4.69) is 10.6 Å². The van der Waals surface area contributed by atoms with E-state index >= 15 is 0 Å². The number of hydrogen-bond acceptors (Lipinski definition) is 7. The molecule has 0 aromatic rings. The van der Waals surface area contributed by atoms with Crippen LogP contribution in [0, 0.1) is 17.8 Å². The first kappa shape index (κ1) is 29.4. The summed E-state index contributed by atoms with van der Waals surface area (Å²) in [5.41, 5.74) is 0. The van der Waals surface area contributed by atoms with Crippen LogP contribution in [-0.2, 0) is 33.4 Å². The maximum atomic E-state index is 13.1. The van der Waals surface area contributed by atoms with Gasteiger partial charge < -0.3 is 25.2 Å². The normalized spacial score (nSPS) is 21.2. The van der Waals surface area contributed by atoms with Crippen molar-refractivity contribution in [3.05, 3.63) is 0 Å². The fraction of sp³-hybridized carbons (Fsp3) is 0.792. The second-order valence-electron chi connectivity index (χ2n) is 9.02. The SMILES string of the molecule is CCCC[C@H](NC(=O)C[C@@H]1CC(CC(=O)O)C[C@H]1C(=O)N[C@@H](CCCC)C(=O)OC)C(=O)OC. The molecule has 2 amide bonds. The Kier molecular flexibility index (Phi) is 13.2. The average Bonchev–Trinajstić information content (AvgIpc) is 3.19. The van der Waals surface area contributed by atoms with Gasteiger partial charge in [0.15, 0.2) is 0 Å². The number of esters is 2. The molecule has 0 bridgehead atoms. The van der Waals surface area contributed by atoms with Gasteiger partial charge in [0.1, 0.15) is 12.1 Å². The Hall–Kier alpha value is -2.65. The van der Waals surface area contributed by atoms with Gasteiger partial charge in [0, 0.05) is 18.8 Å². The number of methoxy groups -OCH3 is 2. The van der Waals surface area contributed by atoms with E-state index in [0.29, 0.717) is 25.7 Å². The molecule has 1 aliphatic carbocycles. The van der Waals surface area contributed by atoms with Crippen LogP contribution in [0.15, 0.2) is 0 Å². The van der Waals surface area contributed by atoms with Gasteiger partial charge in [0.05, 0.1) is 14.2 Å². The molecule has 0 heterocycles. The second kappa shape index (κ2) is 15.3. The number of amides is 2. The van der Waals surface area contributed by atoms with Gasteiger partial charge in [0.25, 0.3) is 0 Å². The first-order valence-electron chi connectivity index (χ1n) is 12.1. The minimum absolute atomic E-state index is 0.0221. The summed E-state index contributed by atoms with van der Waals surface area (Å²) in [7, 11) is 2.52. The number of ether oxygens (including phenoxy) is 2. The number of unbranched alkanes of at least 4 members (excludes halogenated alkanes) is 2. The Labute approximate surface area is 201 Å². The van der Waals surface area contributed by atoms with Crippen molar-refractivity contribution < 1.29 is 38.6 Å². The van der Waals surface area contributed by atoms with Crippen molar-refractivity contribution in [2.75, 3.05) is 14.2 Å². The predicted molar refractivity (Wildman–Crippen MR) is 124 cm³/mol. The number of carboxylic acids is 1. The maximum Gasteiger partial charge on any atom is 0.328 e. The van der Waals surface area contributed by atoms with E-state index in [9.17, 15) is 29.1 Å². The highest BCUT2D eigenvalue weighted by molar-refractivity contribution is 5.88. The van der Waals surface area contributed by atoms with Crippen LogP contribution in [0.2, 0.25) is 0 Å². The van der Waals surface area contributed by atoms with Crippen molar-refractivity contribution in [3.63, 3.8) is 0 Å². The molecule has 194 valence electrons. The molecule has 3 N–H and O–H groups in total. The lowest BCUT2D eigenvalue weighted by atomic mass is 9.91. The highest BCUT2D eigenvalue weighted by atomic mass is 16.5. The number of hydrogen-bond donors (Lipinski definition) is 3. The third-order valence-corrected chi connectivity index (χ3v) is 6.36. The summed E-state index contributed by atoms with van der Waals surface area (Å²) < 4.78 is 9.59. The minimum Gasteiger partial charge on any atom is -0.481 e. The van der Waals surface area contributed by atoms with E-state index < -0.39 is 41.8 Å². The van der Waals surface area contributed by atoms with Crippen molar-refractivity contribution in [2.24, 2.45) is 17.8 Å². The summed E-state index contributed by atoms with van der Waals surface area (Å²) in [5, 5.41) is 14.7. The Morgan fingerprint density at radius 3 is 1.85 bits per heavy atom. The summed E-state index contributed by atoms with van der Waals surface area (Å²) in [4.78, 5) is 61.3. The molecule has 5 atom stereocenters. The van der Waals surface area contributed by atoms with Crippen LogP contribution >= 0.6 is 0 Å². The predicted octanol–water partition coefficient (Wildman–Crippen LogP) is 2.19. The smallest absolute Gasteiger partial charge is 0.328 e. The Balaban J connectivity index is 2.93. The maximum absolute atomic E-state index is 13.1. The number of aliphatic carboxylic acids is 1. The van der Waals surface area contributed by atoms with Crippen LogP contribution < -0.4 is 10.6 Å². The van der Waals surface area contributed by atoms with Crippen LogP contribution in [0.1, 0.15) is 78.1 Å². The number of carboxylic acid groups (broad SMARTS) is 1. The molecule has 0 spiro atoms. The van der Waals surface area contributed by atoms with Crippen molar-refractivity contribution >= 4 is 29.7 Å². The van der Waals surface area contributed by atoms with Gasteiger partial charge in [-0.1, -0.05) is 39.5 Å². The van der Waals surface area contributed by atoms with E-state index in [1.165, 1.54) is 14.2 Å². The lowest BCUT2D eigenvalue weighted by molar-refractivity contribution is -0.146. The van der Waals surface area contributed by atoms with Gasteiger partial charge >= 0.3 is 17.9 Å². The molecule has 1 aliphatic rings. The van der Waals surface area contributed by atoms with Crippen molar-refractivity contribution in [3.8, 4) is 0 Å². The van der Waals surface area contributed by atoms with E-state index in [4.69, 9.17) is 9.47 Å². The van der Waals surface area contributed by atoms with Crippen LogP contribution in [0.4, 0.5) is 0 Å². The van der Waals surface area contributed by atoms with Gasteiger partial charge in [-0.3, -0.25) is 14.4 Å². The molecule has 1 saturated carbocycles. The zero-order valence-electron chi connectivity index (χ0n) is 20.8. The molecule has 1 rings (SSSR count). The van der Waals surface area contributed by atoms with Gasteiger partial charge in [-0.05, 0) is 37.5 Å². The summed E-state index contributed by atoms with van der Waals surface area (Å²) in [6, 6.07) is -1.55. The molecule has 0 aromatic heterocycles.